The minimum Gasteiger partial charge on any atom is -0.361 e. The van der Waals surface area contributed by atoms with Gasteiger partial charge < -0.3 is 9.84 Å². The third-order valence-corrected chi connectivity index (χ3v) is 5.65. The number of anilines is 1. The maximum Gasteiger partial charge on any atom is 0.307 e. The van der Waals surface area contributed by atoms with Gasteiger partial charge in [-0.25, -0.2) is 0 Å². The van der Waals surface area contributed by atoms with Crippen LogP contribution in [0.1, 0.15) is 33.1 Å². The number of aryl methyl sites for hydroxylation is 2. The molecule has 0 aliphatic rings. The molecule has 4 aromatic rings. The molecule has 0 bridgehead atoms. The van der Waals surface area contributed by atoms with Crippen molar-refractivity contribution < 1.29 is 14.2 Å². The molecule has 0 aliphatic heterocycles. The lowest BCUT2D eigenvalue weighted by molar-refractivity contribution is -0.385. The molecule has 3 heterocycles. The zero-order chi connectivity index (χ0) is 23.7. The summed E-state index contributed by atoms with van der Waals surface area (Å²) in [5.74, 6) is 0.166. The number of carbonyl (C=O) groups excluding carboxylic acids is 1. The molecule has 1 aromatic carbocycles. The highest BCUT2D eigenvalue weighted by molar-refractivity contribution is 6.35. The summed E-state index contributed by atoms with van der Waals surface area (Å²) in [4.78, 5) is 23.2. The molecule has 0 atom stereocenters. The van der Waals surface area contributed by atoms with E-state index >= 15 is 0 Å². The van der Waals surface area contributed by atoms with E-state index in [0.29, 0.717) is 39.3 Å². The van der Waals surface area contributed by atoms with E-state index in [4.69, 9.17) is 27.7 Å². The maximum absolute atomic E-state index is 12.9. The summed E-state index contributed by atoms with van der Waals surface area (Å²) < 4.78 is 8.18. The van der Waals surface area contributed by atoms with Gasteiger partial charge in [-0.1, -0.05) is 34.4 Å². The van der Waals surface area contributed by atoms with Crippen LogP contribution in [0.4, 0.5) is 11.5 Å². The van der Waals surface area contributed by atoms with Gasteiger partial charge in [-0.2, -0.15) is 10.2 Å². The number of nitrogens with zero attached hydrogens (tertiary/aromatic N) is 6. The summed E-state index contributed by atoms with van der Waals surface area (Å²) in [6, 6.07) is 6.95. The van der Waals surface area contributed by atoms with Gasteiger partial charge >= 0.3 is 5.69 Å². The van der Waals surface area contributed by atoms with Crippen molar-refractivity contribution in [1.29, 1.82) is 0 Å². The molecule has 1 amide bonds. The number of amides is 1. The Morgan fingerprint density at radius 1 is 1.21 bits per heavy atom. The highest BCUT2D eigenvalue weighted by atomic mass is 35.5. The zero-order valence-corrected chi connectivity index (χ0v) is 19.0. The van der Waals surface area contributed by atoms with Crippen molar-refractivity contribution in [3.63, 3.8) is 0 Å². The molecule has 0 unspecified atom stereocenters. The van der Waals surface area contributed by atoms with Crippen LogP contribution in [0, 0.1) is 24.0 Å². The van der Waals surface area contributed by atoms with Crippen LogP contribution in [-0.2, 0) is 13.1 Å². The van der Waals surface area contributed by atoms with Gasteiger partial charge in [0, 0.05) is 32.9 Å². The lowest BCUT2D eigenvalue weighted by Gasteiger charge is -2.08. The third-order valence-electron chi connectivity index (χ3n) is 4.94. The third kappa shape index (κ3) is 4.73. The monoisotopic (exact) mass is 489 g/mol. The Balaban J connectivity index is 1.52. The van der Waals surface area contributed by atoms with Crippen LogP contribution >= 0.6 is 23.2 Å². The van der Waals surface area contributed by atoms with Crippen molar-refractivity contribution in [1.82, 2.24) is 24.7 Å². The first kappa shape index (κ1) is 22.5. The van der Waals surface area contributed by atoms with E-state index < -0.39 is 10.8 Å². The Morgan fingerprint density at radius 3 is 2.61 bits per heavy atom. The Morgan fingerprint density at radius 2 is 1.94 bits per heavy atom. The van der Waals surface area contributed by atoms with Crippen molar-refractivity contribution in [2.24, 2.45) is 0 Å². The highest BCUT2D eigenvalue weighted by Crippen LogP contribution is 2.26. The number of hydrogen-bond donors (Lipinski definition) is 1. The number of nitro groups is 1. The molecular formula is C20H17Cl2N7O4. The summed E-state index contributed by atoms with van der Waals surface area (Å²) in [5, 5.41) is 26.8. The Kier molecular flexibility index (Phi) is 6.16. The first-order chi connectivity index (χ1) is 15.7. The quantitative estimate of drug-likeness (QED) is 0.302. The van der Waals surface area contributed by atoms with Gasteiger partial charge in [0.2, 0.25) is 0 Å². The molecule has 0 saturated carbocycles. The van der Waals surface area contributed by atoms with Crippen LogP contribution in [0.3, 0.4) is 0 Å². The number of halogens is 2. The minimum absolute atomic E-state index is 0.0343. The minimum atomic E-state index is -0.550. The van der Waals surface area contributed by atoms with Crippen LogP contribution in [0.15, 0.2) is 41.2 Å². The average molecular weight is 490 g/mol. The number of carbonyl (C=O) groups is 1. The largest absolute Gasteiger partial charge is 0.361 e. The molecule has 0 radical (unpaired) electrons. The van der Waals surface area contributed by atoms with Gasteiger partial charge in [0.15, 0.2) is 11.5 Å². The first-order valence-corrected chi connectivity index (χ1v) is 10.4. The maximum atomic E-state index is 12.9. The van der Waals surface area contributed by atoms with Crippen molar-refractivity contribution in [2.75, 3.05) is 5.32 Å². The van der Waals surface area contributed by atoms with E-state index in [0.717, 1.165) is 11.9 Å². The van der Waals surface area contributed by atoms with Gasteiger partial charge in [-0.05, 0) is 26.0 Å². The lowest BCUT2D eigenvalue weighted by atomic mass is 10.2. The summed E-state index contributed by atoms with van der Waals surface area (Å²) >= 11 is 12.5. The molecule has 170 valence electrons. The predicted molar refractivity (Wildman–Crippen MR) is 120 cm³/mol. The number of hydrogen-bond acceptors (Lipinski definition) is 7. The smallest absolute Gasteiger partial charge is 0.307 e. The van der Waals surface area contributed by atoms with Crippen LogP contribution in [0.2, 0.25) is 10.0 Å². The van der Waals surface area contributed by atoms with E-state index in [9.17, 15) is 14.9 Å². The number of aromatic nitrogens is 5. The fourth-order valence-corrected chi connectivity index (χ4v) is 3.71. The summed E-state index contributed by atoms with van der Waals surface area (Å²) in [6.45, 7) is 3.88. The van der Waals surface area contributed by atoms with E-state index in [1.54, 1.807) is 35.9 Å². The summed E-state index contributed by atoms with van der Waals surface area (Å²) in [7, 11) is 0. The van der Waals surface area contributed by atoms with Crippen LogP contribution in [-0.4, -0.2) is 35.5 Å². The Hall–Kier alpha value is -3.70. The van der Waals surface area contributed by atoms with Crippen molar-refractivity contribution in [3.8, 4) is 0 Å². The average Bonchev–Trinajstić information content (AvgIpc) is 3.45. The summed E-state index contributed by atoms with van der Waals surface area (Å²) in [5.41, 5.74) is 1.82. The van der Waals surface area contributed by atoms with Crippen molar-refractivity contribution in [2.45, 2.75) is 26.9 Å². The van der Waals surface area contributed by atoms with Crippen LogP contribution in [0.5, 0.6) is 0 Å². The standard InChI is InChI=1S/C20H17Cl2N7O4/c1-11-6-18(25-28(11)10-15-16(21)4-3-5-17(15)22)24-20(30)19-14(12(2)33-26-19)9-27-8-13(7-23-27)29(31)32/h3-8H,9-10H2,1-2H3,(H,24,25,30). The molecule has 33 heavy (non-hydrogen) atoms. The second-order valence-electron chi connectivity index (χ2n) is 7.20. The SMILES string of the molecule is Cc1onc(C(=O)Nc2cc(C)n(Cc3c(Cl)cccc3Cl)n2)c1Cn1cc([N+](=O)[O-])cn1. The van der Waals surface area contributed by atoms with Gasteiger partial charge in [-0.3, -0.25) is 24.3 Å². The number of rotatable bonds is 7. The van der Waals surface area contributed by atoms with E-state index in [1.165, 1.54) is 10.9 Å². The Labute approximate surface area is 197 Å². The lowest BCUT2D eigenvalue weighted by Crippen LogP contribution is -2.16. The fourth-order valence-electron chi connectivity index (χ4n) is 3.19. The van der Waals surface area contributed by atoms with Gasteiger partial charge in [-0.15, -0.1) is 0 Å². The normalized spacial score (nSPS) is 11.0. The summed E-state index contributed by atoms with van der Waals surface area (Å²) in [6.07, 6.45) is 2.39. The molecule has 0 saturated heterocycles. The molecule has 0 fully saturated rings. The molecular weight excluding hydrogens is 473 g/mol. The van der Waals surface area contributed by atoms with E-state index in [1.807, 2.05) is 6.92 Å². The first-order valence-electron chi connectivity index (χ1n) is 9.63. The zero-order valence-electron chi connectivity index (χ0n) is 17.5. The highest BCUT2D eigenvalue weighted by Gasteiger charge is 2.22. The number of benzene rings is 1. The predicted octanol–water partition coefficient (Wildman–Crippen LogP) is 4.25. The van der Waals surface area contributed by atoms with Crippen molar-refractivity contribution >= 4 is 40.6 Å². The fraction of sp³-hybridized carbons (Fsp3) is 0.200. The van der Waals surface area contributed by atoms with Gasteiger partial charge in [0.25, 0.3) is 5.91 Å². The molecule has 4 rings (SSSR count). The second-order valence-corrected chi connectivity index (χ2v) is 8.02. The second kappa shape index (κ2) is 9.04. The molecule has 1 N–H and O–H groups in total. The molecule has 13 heteroatoms. The van der Waals surface area contributed by atoms with Crippen LogP contribution in [0.25, 0.3) is 0 Å². The molecule has 3 aromatic heterocycles. The molecule has 0 spiro atoms. The molecule has 0 aliphatic carbocycles. The van der Waals surface area contributed by atoms with Gasteiger partial charge in [0.05, 0.1) is 18.0 Å². The van der Waals surface area contributed by atoms with Gasteiger partial charge in [0.1, 0.15) is 18.2 Å². The van der Waals surface area contributed by atoms with Crippen LogP contribution < -0.4 is 5.32 Å². The topological polar surface area (TPSA) is 134 Å². The number of nitrogens with one attached hydrogen (secondary N) is 1. The Bertz CT molecular complexity index is 1340. The molecule has 11 nitrogen and oxygen atoms in total. The van der Waals surface area contributed by atoms with Crippen molar-refractivity contribution in [3.05, 3.63) is 85.1 Å². The van der Waals surface area contributed by atoms with E-state index in [-0.39, 0.29) is 17.9 Å². The van der Waals surface area contributed by atoms with E-state index in [2.05, 4.69) is 20.7 Å².